The molecule has 12 aromatic carbocycles. The van der Waals surface area contributed by atoms with Crippen LogP contribution >= 0.6 is 0 Å². The Kier molecular flexibility index (Phi) is 8.89. The Hall–Kier alpha value is -8.72. The van der Waals surface area contributed by atoms with Crippen LogP contribution in [0.1, 0.15) is 0 Å². The van der Waals surface area contributed by atoms with Gasteiger partial charge in [-0.05, 0) is 143 Å². The predicted molar refractivity (Wildman–Crippen MR) is 282 cm³/mol. The van der Waals surface area contributed by atoms with Crippen molar-refractivity contribution in [2.45, 2.75) is 0 Å². The lowest BCUT2D eigenvalue weighted by Gasteiger charge is -2.27. The number of hydrogen-bond acceptors (Lipinski definition) is 1. The fourth-order valence-electron chi connectivity index (χ4n) is 10.4. The molecule has 1 aromatic heterocycles. The number of fused-ring (bicyclic) bond motifs is 9. The molecule has 0 unspecified atom stereocenters. The van der Waals surface area contributed by atoms with E-state index in [9.17, 15) is 0 Å². The summed E-state index contributed by atoms with van der Waals surface area (Å²) in [5, 5.41) is 12.5. The molecule has 13 aromatic rings. The summed E-state index contributed by atoms with van der Waals surface area (Å²) in [5.41, 5.74) is 13.9. The number of benzene rings is 12. The second-order valence-corrected chi connectivity index (χ2v) is 17.3. The Morgan fingerprint density at radius 2 is 0.833 bits per heavy atom. The molecule has 0 saturated heterocycles. The van der Waals surface area contributed by atoms with Gasteiger partial charge in [-0.15, -0.1) is 0 Å². The summed E-state index contributed by atoms with van der Waals surface area (Å²) < 4.78 is 2.44. The average Bonchev–Trinajstić information content (AvgIpc) is 3.74. The molecule has 13 rings (SSSR count). The molecule has 0 N–H and O–H groups in total. The maximum atomic E-state index is 2.44. The number of anilines is 3. The summed E-state index contributed by atoms with van der Waals surface area (Å²) in [6.07, 6.45) is 0. The minimum absolute atomic E-state index is 1.09. The van der Waals surface area contributed by atoms with E-state index >= 15 is 0 Å². The third kappa shape index (κ3) is 6.34. The standard InChI is InChI=1S/C64H42N2/c1-2-14-44(15-3-1)61-42-55(66-62-24-11-10-23-60(62)64-59-22-9-7-17-46(59)31-38-63(64)66)35-36-57(61)47-29-32-52(33-30-47)65(54-34-37-58-51(41-54)28-26-45-16-6-8-21-56(45)58)53-20-12-19-49(40-53)50-27-25-43-13-4-5-18-48(43)39-50/h1-42H. The van der Waals surface area contributed by atoms with Gasteiger partial charge in [0.1, 0.15) is 0 Å². The van der Waals surface area contributed by atoms with Crippen molar-refractivity contribution in [2.24, 2.45) is 0 Å². The Morgan fingerprint density at radius 1 is 0.258 bits per heavy atom. The van der Waals surface area contributed by atoms with Crippen molar-refractivity contribution in [3.8, 4) is 39.1 Å². The molecule has 66 heavy (non-hydrogen) atoms. The first-order valence-corrected chi connectivity index (χ1v) is 22.7. The van der Waals surface area contributed by atoms with Gasteiger partial charge in [0, 0.05) is 33.5 Å². The lowest BCUT2D eigenvalue weighted by molar-refractivity contribution is 1.18. The van der Waals surface area contributed by atoms with Crippen molar-refractivity contribution in [3.63, 3.8) is 0 Å². The summed E-state index contributed by atoms with van der Waals surface area (Å²) in [7, 11) is 0. The summed E-state index contributed by atoms with van der Waals surface area (Å²) in [5.74, 6) is 0. The van der Waals surface area contributed by atoms with E-state index in [0.717, 1.165) is 28.3 Å². The molecule has 0 atom stereocenters. The molecule has 0 saturated carbocycles. The molecule has 0 aliphatic heterocycles. The first kappa shape index (κ1) is 37.8. The number of para-hydroxylation sites is 1. The Bertz CT molecular complexity index is 3990. The van der Waals surface area contributed by atoms with E-state index in [0.29, 0.717) is 0 Å². The smallest absolute Gasteiger partial charge is 0.0547 e. The molecule has 0 aliphatic rings. The minimum Gasteiger partial charge on any atom is -0.310 e. The lowest BCUT2D eigenvalue weighted by Crippen LogP contribution is -2.10. The van der Waals surface area contributed by atoms with E-state index < -0.39 is 0 Å². The second-order valence-electron chi connectivity index (χ2n) is 17.3. The second kappa shape index (κ2) is 15.5. The normalized spacial score (nSPS) is 11.6. The molecule has 2 nitrogen and oxygen atoms in total. The number of nitrogens with zero attached hydrogens (tertiary/aromatic N) is 2. The first-order chi connectivity index (χ1) is 32.7. The maximum Gasteiger partial charge on any atom is 0.0547 e. The van der Waals surface area contributed by atoms with Gasteiger partial charge in [-0.3, -0.25) is 0 Å². The maximum absolute atomic E-state index is 2.44. The van der Waals surface area contributed by atoms with E-state index in [4.69, 9.17) is 0 Å². The van der Waals surface area contributed by atoms with Gasteiger partial charge in [-0.2, -0.15) is 0 Å². The highest BCUT2D eigenvalue weighted by molar-refractivity contribution is 6.21. The van der Waals surface area contributed by atoms with Gasteiger partial charge in [0.15, 0.2) is 0 Å². The Morgan fingerprint density at radius 3 is 1.68 bits per heavy atom. The van der Waals surface area contributed by atoms with Crippen molar-refractivity contribution < 1.29 is 0 Å². The van der Waals surface area contributed by atoms with Gasteiger partial charge >= 0.3 is 0 Å². The van der Waals surface area contributed by atoms with E-state index in [2.05, 4.69) is 264 Å². The van der Waals surface area contributed by atoms with E-state index in [1.54, 1.807) is 0 Å². The van der Waals surface area contributed by atoms with Crippen molar-refractivity contribution >= 4 is 82.0 Å². The Balaban J connectivity index is 0.950. The zero-order chi connectivity index (χ0) is 43.6. The number of rotatable bonds is 7. The molecule has 0 spiro atoms. The fraction of sp³-hybridized carbons (Fsp3) is 0. The highest BCUT2D eigenvalue weighted by Gasteiger charge is 2.19. The van der Waals surface area contributed by atoms with Crippen LogP contribution in [0.15, 0.2) is 255 Å². The molecule has 0 radical (unpaired) electrons. The van der Waals surface area contributed by atoms with Crippen molar-refractivity contribution in [2.75, 3.05) is 4.90 Å². The van der Waals surface area contributed by atoms with Crippen molar-refractivity contribution in [1.82, 2.24) is 4.57 Å². The largest absolute Gasteiger partial charge is 0.310 e. The van der Waals surface area contributed by atoms with Gasteiger partial charge in [0.25, 0.3) is 0 Å². The molecule has 1 heterocycles. The van der Waals surface area contributed by atoms with Gasteiger partial charge in [0.2, 0.25) is 0 Å². The summed E-state index contributed by atoms with van der Waals surface area (Å²) in [6.45, 7) is 0. The Labute approximate surface area is 383 Å². The van der Waals surface area contributed by atoms with Gasteiger partial charge in [0.05, 0.1) is 11.0 Å². The van der Waals surface area contributed by atoms with E-state index in [-0.39, 0.29) is 0 Å². The summed E-state index contributed by atoms with van der Waals surface area (Å²) in [6, 6.07) is 93.4. The van der Waals surface area contributed by atoms with Crippen LogP contribution in [0.3, 0.4) is 0 Å². The molecular formula is C64H42N2. The predicted octanol–water partition coefficient (Wildman–Crippen LogP) is 17.9. The van der Waals surface area contributed by atoms with Crippen LogP contribution in [0.4, 0.5) is 17.1 Å². The quantitative estimate of drug-likeness (QED) is 0.145. The van der Waals surface area contributed by atoms with E-state index in [1.807, 2.05) is 0 Å². The molecule has 0 fully saturated rings. The molecular weight excluding hydrogens is 797 g/mol. The van der Waals surface area contributed by atoms with Crippen LogP contribution in [0.25, 0.3) is 104 Å². The average molecular weight is 839 g/mol. The summed E-state index contributed by atoms with van der Waals surface area (Å²) in [4.78, 5) is 2.40. The first-order valence-electron chi connectivity index (χ1n) is 22.7. The highest BCUT2D eigenvalue weighted by Crippen LogP contribution is 2.43. The van der Waals surface area contributed by atoms with Crippen LogP contribution in [0.5, 0.6) is 0 Å². The van der Waals surface area contributed by atoms with Crippen LogP contribution in [0.2, 0.25) is 0 Å². The number of aromatic nitrogens is 1. The molecule has 308 valence electrons. The number of hydrogen-bond donors (Lipinski definition) is 0. The SMILES string of the molecule is c1ccc(-c2cc(-n3c4ccccc4c4c5ccccc5ccc43)ccc2-c2ccc(N(c3cccc(-c4ccc5ccccc5c4)c3)c3ccc4c(ccc5ccccc54)c3)cc2)cc1. The van der Waals surface area contributed by atoms with Gasteiger partial charge < -0.3 is 9.47 Å². The highest BCUT2D eigenvalue weighted by atomic mass is 15.1. The van der Waals surface area contributed by atoms with Crippen LogP contribution in [-0.2, 0) is 0 Å². The molecule has 0 bridgehead atoms. The zero-order valence-corrected chi connectivity index (χ0v) is 36.1. The summed E-state index contributed by atoms with van der Waals surface area (Å²) >= 11 is 0. The van der Waals surface area contributed by atoms with Crippen LogP contribution in [-0.4, -0.2) is 4.57 Å². The third-order valence-electron chi connectivity index (χ3n) is 13.5. The van der Waals surface area contributed by atoms with Gasteiger partial charge in [-0.25, -0.2) is 0 Å². The van der Waals surface area contributed by atoms with Crippen molar-refractivity contribution in [3.05, 3.63) is 255 Å². The van der Waals surface area contributed by atoms with Gasteiger partial charge in [-0.1, -0.05) is 188 Å². The zero-order valence-electron chi connectivity index (χ0n) is 36.1. The van der Waals surface area contributed by atoms with E-state index in [1.165, 1.54) is 92.7 Å². The molecule has 2 heteroatoms. The molecule has 0 aliphatic carbocycles. The minimum atomic E-state index is 1.09. The fourth-order valence-corrected chi connectivity index (χ4v) is 10.4. The molecule has 0 amide bonds. The van der Waals surface area contributed by atoms with Crippen LogP contribution < -0.4 is 4.90 Å². The monoisotopic (exact) mass is 838 g/mol. The topological polar surface area (TPSA) is 8.17 Å². The third-order valence-corrected chi connectivity index (χ3v) is 13.5. The lowest BCUT2D eigenvalue weighted by atomic mass is 9.93. The van der Waals surface area contributed by atoms with Crippen molar-refractivity contribution in [1.29, 1.82) is 0 Å². The van der Waals surface area contributed by atoms with Crippen LogP contribution in [0, 0.1) is 0 Å².